The molecule has 0 spiro atoms. The number of phosphoric ester groups is 1. The minimum absolute atomic E-state index is 0.00964. The molecule has 0 aromatic rings. The Morgan fingerprint density at radius 3 is 1.12 bits per heavy atom. The van der Waals surface area contributed by atoms with Gasteiger partial charge in [-0.05, 0) is 44.9 Å². The van der Waals surface area contributed by atoms with E-state index in [0.717, 1.165) is 89.9 Å². The van der Waals surface area contributed by atoms with Crippen molar-refractivity contribution in [3.8, 4) is 0 Å². The molecule has 0 aromatic carbocycles. The number of unbranched alkanes of at least 4 members (excludes halogenated alkanes) is 36. The lowest BCUT2D eigenvalue weighted by Crippen LogP contribution is -2.69. The minimum Gasteiger partial charge on any atom is -0.463 e. The summed E-state index contributed by atoms with van der Waals surface area (Å²) in [6.45, 7) is 3.45. The zero-order valence-corrected chi connectivity index (χ0v) is 60.3. The topological polar surface area (TPSA) is 374 Å². The molecule has 11 N–H and O–H groups in total. The Bertz CT molecular complexity index is 2060. The number of allylic oxidation sites excluding steroid dienone is 2. The van der Waals surface area contributed by atoms with Gasteiger partial charge in [0.25, 0.3) is 0 Å². The molecule has 3 rings (SSSR count). The van der Waals surface area contributed by atoms with Crippen LogP contribution in [0.2, 0.25) is 0 Å². The summed E-state index contributed by atoms with van der Waals surface area (Å²) >= 11 is 0. The van der Waals surface area contributed by atoms with Crippen LogP contribution in [-0.2, 0) is 61.2 Å². The number of carbonyl (C=O) groups is 3. The van der Waals surface area contributed by atoms with Gasteiger partial charge in [0.2, 0.25) is 0 Å². The van der Waals surface area contributed by atoms with Crippen LogP contribution in [0.4, 0.5) is 0 Å². The van der Waals surface area contributed by atoms with Crippen molar-refractivity contribution in [2.24, 2.45) is 0 Å². The van der Waals surface area contributed by atoms with Crippen molar-refractivity contribution in [2.75, 3.05) is 26.4 Å². The maximum atomic E-state index is 14.3. The summed E-state index contributed by atoms with van der Waals surface area (Å²) in [7, 11) is -5.69. The highest BCUT2D eigenvalue weighted by Gasteiger charge is 2.58. The summed E-state index contributed by atoms with van der Waals surface area (Å²) in [5.74, 6) is -1.99. The molecule has 0 aromatic heterocycles. The predicted octanol–water partition coefficient (Wildman–Crippen LogP) is 10.4. The Kier molecular flexibility index (Phi) is 49.8. The van der Waals surface area contributed by atoms with Gasteiger partial charge in [-0.25, -0.2) is 4.57 Å². The van der Waals surface area contributed by atoms with E-state index < -0.39 is 156 Å². The third kappa shape index (κ3) is 37.6. The smallest absolute Gasteiger partial charge is 0.463 e. The van der Waals surface area contributed by atoms with E-state index in [0.29, 0.717) is 19.3 Å². The van der Waals surface area contributed by atoms with Crippen LogP contribution in [0.25, 0.3) is 0 Å². The Hall–Kier alpha value is -2.30. The van der Waals surface area contributed by atoms with Gasteiger partial charge in [0, 0.05) is 19.3 Å². The van der Waals surface area contributed by atoms with Crippen LogP contribution in [0.1, 0.15) is 297 Å². The van der Waals surface area contributed by atoms with Gasteiger partial charge in [-0.1, -0.05) is 245 Å². The lowest BCUT2D eigenvalue weighted by molar-refractivity contribution is -0.360. The van der Waals surface area contributed by atoms with Crippen molar-refractivity contribution in [1.82, 2.24) is 0 Å². The number of esters is 3. The fourth-order valence-corrected chi connectivity index (χ4v) is 13.5. The van der Waals surface area contributed by atoms with Gasteiger partial charge < -0.3 is 89.1 Å². The van der Waals surface area contributed by atoms with Crippen LogP contribution in [0.15, 0.2) is 12.2 Å². The van der Waals surface area contributed by atoms with E-state index in [2.05, 4.69) is 32.9 Å². The molecular weight excluding hydrogens is 1280 g/mol. The first-order chi connectivity index (χ1) is 46.8. The van der Waals surface area contributed by atoms with E-state index >= 15 is 0 Å². The SMILES string of the molecule is CCCCCCCCC/C=C\CCCCCC(=O)OCC1OC(OC2C(O)C(O)C(O)C(OC3OC(CO)C(O)C(O)C3O)C2OP(=O)(O)OCC(COC(=O)CCCCCCCCCCCCCCCC)OC(=O)CCCCCCCCCCCCCCCC)C(O)C(O)C1O. The predicted molar refractivity (Wildman–Crippen MR) is 365 cm³/mol. The second kappa shape index (κ2) is 54.4. The average Bonchev–Trinajstić information content (AvgIpc) is 0.763. The van der Waals surface area contributed by atoms with E-state index in [9.17, 15) is 74.9 Å². The van der Waals surface area contributed by atoms with Gasteiger partial charge in [-0.2, -0.15) is 0 Å². The van der Waals surface area contributed by atoms with Crippen LogP contribution < -0.4 is 0 Å². The summed E-state index contributed by atoms with van der Waals surface area (Å²) in [4.78, 5) is 51.0. The molecule has 570 valence electrons. The largest absolute Gasteiger partial charge is 0.472 e. The highest BCUT2D eigenvalue weighted by atomic mass is 31.2. The molecule has 2 aliphatic heterocycles. The van der Waals surface area contributed by atoms with Gasteiger partial charge in [0.1, 0.15) is 98.7 Å². The first-order valence-corrected chi connectivity index (χ1v) is 39.5. The zero-order valence-electron chi connectivity index (χ0n) is 59.4. The fourth-order valence-electron chi connectivity index (χ4n) is 12.6. The van der Waals surface area contributed by atoms with Gasteiger partial charge in [-0.3, -0.25) is 23.4 Å². The summed E-state index contributed by atoms with van der Waals surface area (Å²) in [5.41, 5.74) is 0. The van der Waals surface area contributed by atoms with Crippen LogP contribution >= 0.6 is 7.82 Å². The second-order valence-electron chi connectivity index (χ2n) is 27.4. The van der Waals surface area contributed by atoms with Crippen molar-refractivity contribution in [3.63, 3.8) is 0 Å². The van der Waals surface area contributed by atoms with Crippen molar-refractivity contribution in [1.29, 1.82) is 0 Å². The summed E-state index contributed by atoms with van der Waals surface area (Å²) in [5, 5.41) is 110. The monoisotopic (exact) mass is 1410 g/mol. The van der Waals surface area contributed by atoms with E-state index in [1.54, 1.807) is 0 Å². The number of hydrogen-bond donors (Lipinski definition) is 11. The van der Waals surface area contributed by atoms with Gasteiger partial charge in [-0.15, -0.1) is 0 Å². The molecule has 1 aliphatic carbocycles. The Balaban J connectivity index is 1.74. The van der Waals surface area contributed by atoms with Crippen LogP contribution in [-0.4, -0.2) is 204 Å². The number of phosphoric acid groups is 1. The Morgan fingerprint density at radius 1 is 0.392 bits per heavy atom. The van der Waals surface area contributed by atoms with Gasteiger partial charge in [0.15, 0.2) is 18.7 Å². The van der Waals surface area contributed by atoms with E-state index in [1.807, 2.05) is 0 Å². The van der Waals surface area contributed by atoms with Crippen LogP contribution in [0.5, 0.6) is 0 Å². The third-order valence-electron chi connectivity index (χ3n) is 18.8. The quantitative estimate of drug-likeness (QED) is 0.00886. The molecule has 24 nitrogen and oxygen atoms in total. The van der Waals surface area contributed by atoms with E-state index in [4.69, 9.17) is 42.2 Å². The van der Waals surface area contributed by atoms with Crippen LogP contribution in [0, 0.1) is 0 Å². The average molecular weight is 1410 g/mol. The normalized spacial score (nSPS) is 27.8. The molecule has 25 heteroatoms. The molecule has 2 heterocycles. The lowest BCUT2D eigenvalue weighted by atomic mass is 9.84. The van der Waals surface area contributed by atoms with E-state index in [1.165, 1.54) is 148 Å². The summed E-state index contributed by atoms with van der Waals surface area (Å²) in [6.07, 6.45) is 12.8. The molecule has 18 atom stereocenters. The van der Waals surface area contributed by atoms with E-state index in [-0.39, 0.29) is 19.3 Å². The molecule has 1 saturated carbocycles. The number of carbonyl (C=O) groups excluding carboxylic acids is 3. The highest BCUT2D eigenvalue weighted by Crippen LogP contribution is 2.49. The first-order valence-electron chi connectivity index (χ1n) is 38.0. The number of hydrogen-bond acceptors (Lipinski definition) is 23. The molecule has 3 fully saturated rings. The molecule has 0 amide bonds. The number of aliphatic hydroxyl groups is 10. The number of aliphatic hydroxyl groups excluding tert-OH is 10. The second-order valence-corrected chi connectivity index (χ2v) is 28.8. The molecule has 0 radical (unpaired) electrons. The molecule has 0 bridgehead atoms. The van der Waals surface area contributed by atoms with Crippen molar-refractivity contribution in [3.05, 3.63) is 12.2 Å². The Morgan fingerprint density at radius 2 is 0.722 bits per heavy atom. The highest BCUT2D eigenvalue weighted by molar-refractivity contribution is 7.47. The van der Waals surface area contributed by atoms with Gasteiger partial charge >= 0.3 is 25.7 Å². The standard InChI is InChI=1S/C72H133O24P/c1-4-7-10-13-16-19-22-25-28-31-34-37-40-43-46-56(74)88-50-53(91-58(76)48-45-42-39-36-33-30-27-24-21-18-15-12-9-6-3)51-90-97(86,87)96-70-68(94-71-66(84)61(79)59(77)54(49-73)92-71)64(82)63(81)65(83)69(70)95-72-67(85)62(80)60(78)55(93-72)52-89-57(75)47-44-41-38-35-32-29-26-23-20-17-14-11-8-5-2/h29,32,53-55,59-73,77-85H,4-28,30-31,33-52H2,1-3H3,(H,86,87)/b32-29-. The van der Waals surface area contributed by atoms with Crippen molar-refractivity contribution in [2.45, 2.75) is 401 Å². The maximum absolute atomic E-state index is 14.3. The van der Waals surface area contributed by atoms with Crippen molar-refractivity contribution >= 4 is 25.7 Å². The third-order valence-corrected chi connectivity index (χ3v) is 19.8. The van der Waals surface area contributed by atoms with Crippen LogP contribution in [0.3, 0.4) is 0 Å². The zero-order chi connectivity index (χ0) is 71.1. The Labute approximate surface area is 580 Å². The summed E-state index contributed by atoms with van der Waals surface area (Å²) in [6, 6.07) is 0. The fraction of sp³-hybridized carbons (Fsp3) is 0.931. The minimum atomic E-state index is -5.69. The van der Waals surface area contributed by atoms with Crippen molar-refractivity contribution < 1.29 is 117 Å². The number of ether oxygens (including phenoxy) is 7. The lowest BCUT2D eigenvalue weighted by Gasteiger charge is -2.49. The molecule has 97 heavy (non-hydrogen) atoms. The summed E-state index contributed by atoms with van der Waals surface area (Å²) < 4.78 is 65.0. The molecule has 2 saturated heterocycles. The first kappa shape index (κ1) is 88.9. The molecule has 18 unspecified atom stereocenters. The van der Waals surface area contributed by atoms with Gasteiger partial charge in [0.05, 0.1) is 13.2 Å². The molecular formula is C72H133O24P. The number of rotatable bonds is 59. The maximum Gasteiger partial charge on any atom is 0.472 e. The molecule has 3 aliphatic rings.